The van der Waals surface area contributed by atoms with Crippen LogP contribution in [0.25, 0.3) is 0 Å². The van der Waals surface area contributed by atoms with Gasteiger partial charge in [0.15, 0.2) is 0 Å². The number of carboxylic acids is 1. The van der Waals surface area contributed by atoms with Crippen molar-refractivity contribution in [3.8, 4) is 5.75 Å². The molecule has 0 saturated carbocycles. The zero-order valence-corrected chi connectivity index (χ0v) is 8.57. The summed E-state index contributed by atoms with van der Waals surface area (Å²) >= 11 is 0. The van der Waals surface area contributed by atoms with Crippen LogP contribution >= 0.6 is 0 Å². The highest BCUT2D eigenvalue weighted by Crippen LogP contribution is 2.22. The summed E-state index contributed by atoms with van der Waals surface area (Å²) in [6.07, 6.45) is -0.728. The molecule has 15 heavy (non-hydrogen) atoms. The Labute approximate surface area is 87.5 Å². The molecule has 0 unspecified atom stereocenters. The molecule has 0 N–H and O–H groups in total. The lowest BCUT2D eigenvalue weighted by atomic mass is 10.1. The number of benzene rings is 1. The monoisotopic (exact) mass is 207 g/mol. The molecule has 1 aromatic carbocycles. The Hall–Kier alpha value is -1.84. The molecule has 0 aliphatic carbocycles. The highest BCUT2D eigenvalue weighted by Gasteiger charge is 2.09. The Bertz CT molecular complexity index is 375. The predicted octanol–water partition coefficient (Wildman–Crippen LogP) is 0.349. The van der Waals surface area contributed by atoms with Crippen molar-refractivity contribution < 1.29 is 19.4 Å². The minimum absolute atomic E-state index is 0.420. The van der Waals surface area contributed by atoms with Crippen molar-refractivity contribution in [3.63, 3.8) is 0 Å². The van der Waals surface area contributed by atoms with Crippen LogP contribution in [0.3, 0.4) is 0 Å². The van der Waals surface area contributed by atoms with Gasteiger partial charge in [0.05, 0.1) is 12.4 Å². The van der Waals surface area contributed by atoms with E-state index in [0.717, 1.165) is 11.1 Å². The SMILES string of the molecule is Cc1cccc(C)c1OC(=O)CC(=O)[O-]. The number of hydrogen-bond acceptors (Lipinski definition) is 4. The van der Waals surface area contributed by atoms with Crippen molar-refractivity contribution in [1.29, 1.82) is 0 Å². The molecule has 0 fully saturated rings. The summed E-state index contributed by atoms with van der Waals surface area (Å²) in [6, 6.07) is 5.41. The molecule has 1 aromatic rings. The van der Waals surface area contributed by atoms with Crippen molar-refractivity contribution in [1.82, 2.24) is 0 Å². The van der Waals surface area contributed by atoms with Gasteiger partial charge in [-0.15, -0.1) is 0 Å². The number of aryl methyl sites for hydroxylation is 2. The molecule has 0 atom stereocenters. The maximum absolute atomic E-state index is 11.1. The van der Waals surface area contributed by atoms with Crippen molar-refractivity contribution in [3.05, 3.63) is 29.3 Å². The van der Waals surface area contributed by atoms with E-state index in [1.807, 2.05) is 6.07 Å². The number of carbonyl (C=O) groups excluding carboxylic acids is 2. The van der Waals surface area contributed by atoms with E-state index >= 15 is 0 Å². The summed E-state index contributed by atoms with van der Waals surface area (Å²) in [5.41, 5.74) is 1.59. The second-order valence-corrected chi connectivity index (χ2v) is 3.24. The molecule has 0 amide bonds. The van der Waals surface area contributed by atoms with Crippen LogP contribution in [0.1, 0.15) is 17.5 Å². The van der Waals surface area contributed by atoms with Crippen molar-refractivity contribution >= 4 is 11.9 Å². The molecular weight excluding hydrogens is 196 g/mol. The van der Waals surface area contributed by atoms with Gasteiger partial charge in [-0.1, -0.05) is 18.2 Å². The Morgan fingerprint density at radius 3 is 2.27 bits per heavy atom. The van der Waals surface area contributed by atoms with Gasteiger partial charge >= 0.3 is 5.97 Å². The quantitative estimate of drug-likeness (QED) is 0.407. The minimum Gasteiger partial charge on any atom is -0.550 e. The molecule has 4 nitrogen and oxygen atoms in total. The summed E-state index contributed by atoms with van der Waals surface area (Å²) in [5, 5.41) is 10.2. The molecule has 1 rings (SSSR count). The second-order valence-electron chi connectivity index (χ2n) is 3.24. The molecule has 0 radical (unpaired) electrons. The summed E-state index contributed by atoms with van der Waals surface area (Å²) in [7, 11) is 0. The summed E-state index contributed by atoms with van der Waals surface area (Å²) in [6.45, 7) is 3.57. The Morgan fingerprint density at radius 1 is 1.27 bits per heavy atom. The number of hydrogen-bond donors (Lipinski definition) is 0. The van der Waals surface area contributed by atoms with Crippen molar-refractivity contribution in [2.45, 2.75) is 20.3 Å². The van der Waals surface area contributed by atoms with Crippen LogP contribution in [0, 0.1) is 13.8 Å². The fraction of sp³-hybridized carbons (Fsp3) is 0.273. The number of carboxylic acid groups (broad SMARTS) is 1. The molecule has 0 spiro atoms. The topological polar surface area (TPSA) is 66.4 Å². The maximum Gasteiger partial charge on any atom is 0.316 e. The minimum atomic E-state index is -1.44. The fourth-order valence-corrected chi connectivity index (χ4v) is 1.23. The number of rotatable bonds is 3. The lowest BCUT2D eigenvalue weighted by Crippen LogP contribution is -2.27. The van der Waals surface area contributed by atoms with E-state index in [2.05, 4.69) is 0 Å². The summed E-state index contributed by atoms with van der Waals surface area (Å²) in [4.78, 5) is 21.2. The largest absolute Gasteiger partial charge is 0.550 e. The third kappa shape index (κ3) is 3.09. The number of ether oxygens (including phenoxy) is 1. The number of esters is 1. The van der Waals surface area contributed by atoms with Gasteiger partial charge in [0.1, 0.15) is 5.75 Å². The number of para-hydroxylation sites is 1. The van der Waals surface area contributed by atoms with Crippen molar-refractivity contribution in [2.75, 3.05) is 0 Å². The first-order valence-corrected chi connectivity index (χ1v) is 4.47. The first-order valence-electron chi connectivity index (χ1n) is 4.47. The van der Waals surface area contributed by atoms with Crippen LogP contribution in [0.15, 0.2) is 18.2 Å². The van der Waals surface area contributed by atoms with Crippen LogP contribution in [-0.4, -0.2) is 11.9 Å². The van der Waals surface area contributed by atoms with E-state index in [9.17, 15) is 14.7 Å². The first-order chi connectivity index (χ1) is 7.00. The number of carbonyl (C=O) groups is 2. The molecule has 0 aliphatic heterocycles. The Kier molecular flexibility index (Phi) is 3.44. The standard InChI is InChI=1S/C11H12O4/c1-7-4-3-5-8(2)11(7)15-10(14)6-9(12)13/h3-5H,6H2,1-2H3,(H,12,13)/p-1. The third-order valence-corrected chi connectivity index (χ3v) is 1.91. The molecule has 0 bridgehead atoms. The fourth-order valence-electron chi connectivity index (χ4n) is 1.23. The average molecular weight is 207 g/mol. The van der Waals surface area contributed by atoms with Crippen LogP contribution in [0.4, 0.5) is 0 Å². The molecular formula is C11H11O4-. The van der Waals surface area contributed by atoms with E-state index in [4.69, 9.17) is 4.74 Å². The maximum atomic E-state index is 11.1. The van der Waals surface area contributed by atoms with Gasteiger partial charge in [-0.3, -0.25) is 4.79 Å². The van der Waals surface area contributed by atoms with E-state index in [0.29, 0.717) is 5.75 Å². The predicted molar refractivity (Wildman–Crippen MR) is 51.2 cm³/mol. The normalized spacial score (nSPS) is 9.73. The van der Waals surface area contributed by atoms with Gasteiger partial charge in [-0.2, -0.15) is 0 Å². The van der Waals surface area contributed by atoms with Gasteiger partial charge in [0, 0.05) is 0 Å². The highest BCUT2D eigenvalue weighted by molar-refractivity contribution is 5.90. The van der Waals surface area contributed by atoms with Crippen LogP contribution in [-0.2, 0) is 9.59 Å². The molecule has 0 saturated heterocycles. The zero-order chi connectivity index (χ0) is 11.4. The average Bonchev–Trinajstić information content (AvgIpc) is 2.10. The molecule has 0 heterocycles. The molecule has 0 aliphatic rings. The number of aliphatic carboxylic acids is 1. The van der Waals surface area contributed by atoms with Crippen LogP contribution in [0.2, 0.25) is 0 Å². The molecule has 0 aromatic heterocycles. The molecule has 80 valence electrons. The van der Waals surface area contributed by atoms with Crippen LogP contribution < -0.4 is 9.84 Å². The summed E-state index contributed by atoms with van der Waals surface area (Å²) < 4.78 is 4.93. The van der Waals surface area contributed by atoms with Crippen molar-refractivity contribution in [2.24, 2.45) is 0 Å². The Balaban J connectivity index is 2.80. The van der Waals surface area contributed by atoms with E-state index in [1.165, 1.54) is 0 Å². The first kappa shape index (κ1) is 11.2. The van der Waals surface area contributed by atoms with E-state index in [1.54, 1.807) is 26.0 Å². The second kappa shape index (κ2) is 4.59. The molecule has 4 heteroatoms. The Morgan fingerprint density at radius 2 is 1.80 bits per heavy atom. The van der Waals surface area contributed by atoms with Gasteiger partial charge in [-0.05, 0) is 25.0 Å². The zero-order valence-electron chi connectivity index (χ0n) is 8.57. The highest BCUT2D eigenvalue weighted by atomic mass is 16.5. The van der Waals surface area contributed by atoms with Gasteiger partial charge in [0.25, 0.3) is 0 Å². The van der Waals surface area contributed by atoms with Crippen LogP contribution in [0.5, 0.6) is 5.75 Å². The lowest BCUT2D eigenvalue weighted by molar-refractivity contribution is -0.304. The van der Waals surface area contributed by atoms with E-state index < -0.39 is 18.4 Å². The third-order valence-electron chi connectivity index (χ3n) is 1.91. The van der Waals surface area contributed by atoms with Gasteiger partial charge in [-0.25, -0.2) is 0 Å². The van der Waals surface area contributed by atoms with E-state index in [-0.39, 0.29) is 0 Å². The lowest BCUT2D eigenvalue weighted by Gasteiger charge is -2.10. The smallest absolute Gasteiger partial charge is 0.316 e. The summed E-state index contributed by atoms with van der Waals surface area (Å²) in [5.74, 6) is -1.83. The van der Waals surface area contributed by atoms with Gasteiger partial charge < -0.3 is 14.6 Å². The van der Waals surface area contributed by atoms with Gasteiger partial charge in [0.2, 0.25) is 0 Å².